The molecule has 0 aliphatic rings. The number of benzene rings is 1. The number of rotatable bonds is 4. The number of hydrogen-bond acceptors (Lipinski definition) is 4. The van der Waals surface area contributed by atoms with E-state index in [1.807, 2.05) is 0 Å². The topological polar surface area (TPSA) is 89.8 Å². The minimum absolute atomic E-state index is 0. The van der Waals surface area contributed by atoms with Crippen molar-refractivity contribution in [3.05, 3.63) is 23.8 Å². The van der Waals surface area contributed by atoms with Gasteiger partial charge in [0.15, 0.2) is 11.5 Å². The number of carbonyl (C=O) groups is 1. The molecular weight excluding hydrogens is 221 g/mol. The third kappa shape index (κ3) is 4.02. The summed E-state index contributed by atoms with van der Waals surface area (Å²) in [6.07, 6.45) is 0.250. The van der Waals surface area contributed by atoms with E-state index in [2.05, 4.69) is 5.32 Å². The summed E-state index contributed by atoms with van der Waals surface area (Å²) in [5.74, 6) is -1.41. The number of phenolic OH excluding ortho intramolecular Hbond substituents is 2. The molecule has 5 nitrogen and oxygen atoms in total. The third-order valence-corrected chi connectivity index (χ3v) is 2.13. The largest absolute Gasteiger partial charge is 0.504 e. The van der Waals surface area contributed by atoms with E-state index in [9.17, 15) is 9.90 Å². The summed E-state index contributed by atoms with van der Waals surface area (Å²) in [5.41, 5.74) is 0.645. The first-order chi connectivity index (χ1) is 7.04. The van der Waals surface area contributed by atoms with Crippen LogP contribution in [0.4, 0.5) is 0 Å². The average molecular weight is 234 g/mol. The molecule has 0 unspecified atom stereocenters. The summed E-state index contributed by atoms with van der Waals surface area (Å²) in [5, 5.41) is 29.7. The summed E-state index contributed by atoms with van der Waals surface area (Å²) in [4.78, 5) is 10.7. The van der Waals surface area contributed by atoms with Gasteiger partial charge in [0.25, 0.3) is 0 Å². The van der Waals surface area contributed by atoms with Gasteiger partial charge in [-0.15, -0.1) is 0 Å². The van der Waals surface area contributed by atoms with Gasteiger partial charge in [-0.3, -0.25) is 4.79 Å². The molecule has 0 bridgehead atoms. The number of aliphatic carboxylic acids is 1. The quantitative estimate of drug-likeness (QED) is 0.432. The van der Waals surface area contributed by atoms with Gasteiger partial charge in [-0.2, -0.15) is 0 Å². The molecule has 1 atom stereocenters. The van der Waals surface area contributed by atoms with Gasteiger partial charge < -0.3 is 20.6 Å². The molecule has 0 aliphatic carbocycles. The van der Waals surface area contributed by atoms with E-state index in [4.69, 9.17) is 10.2 Å². The van der Waals surface area contributed by atoms with Gasteiger partial charge in [-0.05, 0) is 31.2 Å². The van der Waals surface area contributed by atoms with Crippen molar-refractivity contribution in [2.45, 2.75) is 12.5 Å². The molecule has 16 heavy (non-hydrogen) atoms. The van der Waals surface area contributed by atoms with Gasteiger partial charge in [0.05, 0.1) is 0 Å². The maximum absolute atomic E-state index is 10.7. The average Bonchev–Trinajstić information content (AvgIpc) is 2.19. The molecule has 1 aromatic rings. The minimum atomic E-state index is -0.954. The van der Waals surface area contributed by atoms with E-state index < -0.39 is 12.0 Å². The van der Waals surface area contributed by atoms with Crippen LogP contribution in [0.1, 0.15) is 5.56 Å². The Morgan fingerprint density at radius 3 is 2.44 bits per heavy atom. The number of hydrogen-bond donors (Lipinski definition) is 4. The van der Waals surface area contributed by atoms with Crippen molar-refractivity contribution in [2.24, 2.45) is 0 Å². The van der Waals surface area contributed by atoms with Crippen LogP contribution in [0, 0.1) is 0 Å². The first-order valence-corrected chi connectivity index (χ1v) is 4.45. The molecule has 4 N–H and O–H groups in total. The standard InChI is InChI=1S/C10H13NO4.Na/c1-11-7(10(14)15)4-6-2-3-8(12)9(13)5-6;/h2-3,5,7,11-13H,4H2,1H3,(H,14,15);/t7-;/m0./s1. The number of carboxylic acid groups (broad SMARTS) is 1. The molecule has 0 aliphatic heterocycles. The normalized spacial score (nSPS) is 11.6. The predicted molar refractivity (Wildman–Crippen MR) is 59.7 cm³/mol. The van der Waals surface area contributed by atoms with Crippen molar-refractivity contribution in [3.63, 3.8) is 0 Å². The fourth-order valence-corrected chi connectivity index (χ4v) is 1.24. The van der Waals surface area contributed by atoms with Crippen LogP contribution in [0.3, 0.4) is 0 Å². The second-order valence-electron chi connectivity index (χ2n) is 3.21. The number of phenols is 2. The Morgan fingerprint density at radius 2 is 2.00 bits per heavy atom. The molecule has 0 saturated heterocycles. The van der Waals surface area contributed by atoms with Crippen molar-refractivity contribution in [1.29, 1.82) is 0 Å². The van der Waals surface area contributed by atoms with Crippen LogP contribution in [0.5, 0.6) is 11.5 Å². The second-order valence-corrected chi connectivity index (χ2v) is 3.21. The number of carboxylic acids is 1. The first-order valence-electron chi connectivity index (χ1n) is 4.45. The Labute approximate surface area is 115 Å². The van der Waals surface area contributed by atoms with Crippen LogP contribution in [-0.4, -0.2) is 63.9 Å². The molecule has 83 valence electrons. The van der Waals surface area contributed by atoms with Crippen LogP contribution in [0.2, 0.25) is 0 Å². The molecule has 1 aromatic carbocycles. The van der Waals surface area contributed by atoms with E-state index in [-0.39, 0.29) is 47.5 Å². The Morgan fingerprint density at radius 1 is 1.38 bits per heavy atom. The molecule has 0 spiro atoms. The summed E-state index contributed by atoms with van der Waals surface area (Å²) >= 11 is 0. The Kier molecular flexibility index (Phi) is 6.43. The van der Waals surface area contributed by atoms with Gasteiger partial charge in [0.2, 0.25) is 0 Å². The molecule has 1 radical (unpaired) electrons. The van der Waals surface area contributed by atoms with E-state index >= 15 is 0 Å². The summed E-state index contributed by atoms with van der Waals surface area (Å²) in [6, 6.07) is 3.55. The van der Waals surface area contributed by atoms with Crippen LogP contribution in [0.25, 0.3) is 0 Å². The zero-order valence-corrected chi connectivity index (χ0v) is 11.3. The van der Waals surface area contributed by atoms with Gasteiger partial charge in [0.1, 0.15) is 6.04 Å². The molecule has 0 saturated carbocycles. The van der Waals surface area contributed by atoms with Crippen molar-refractivity contribution in [2.75, 3.05) is 7.05 Å². The van der Waals surface area contributed by atoms with Crippen LogP contribution in [0.15, 0.2) is 18.2 Å². The molecular formula is C10H13NNaO4. The van der Waals surface area contributed by atoms with Gasteiger partial charge in [-0.1, -0.05) is 6.07 Å². The monoisotopic (exact) mass is 234 g/mol. The fraction of sp³-hybridized carbons (Fsp3) is 0.300. The van der Waals surface area contributed by atoms with Crippen molar-refractivity contribution in [1.82, 2.24) is 5.32 Å². The molecule has 0 fully saturated rings. The maximum atomic E-state index is 10.7. The molecule has 0 heterocycles. The van der Waals surface area contributed by atoms with E-state index in [0.717, 1.165) is 0 Å². The van der Waals surface area contributed by atoms with E-state index in [0.29, 0.717) is 5.56 Å². The zero-order chi connectivity index (χ0) is 11.4. The zero-order valence-electron chi connectivity index (χ0n) is 9.27. The van der Waals surface area contributed by atoms with Crippen molar-refractivity contribution < 1.29 is 20.1 Å². The molecule has 0 amide bonds. The molecule has 0 aromatic heterocycles. The van der Waals surface area contributed by atoms with Crippen LogP contribution >= 0.6 is 0 Å². The van der Waals surface area contributed by atoms with E-state index in [1.54, 1.807) is 13.1 Å². The van der Waals surface area contributed by atoms with E-state index in [1.165, 1.54) is 12.1 Å². The minimum Gasteiger partial charge on any atom is -0.504 e. The van der Waals surface area contributed by atoms with Crippen LogP contribution < -0.4 is 5.32 Å². The number of aromatic hydroxyl groups is 2. The Bertz CT molecular complexity index is 370. The summed E-state index contributed by atoms with van der Waals surface area (Å²) in [6.45, 7) is 0. The molecule has 6 heteroatoms. The Hall–Kier alpha value is -0.750. The second kappa shape index (κ2) is 6.75. The van der Waals surface area contributed by atoms with Crippen molar-refractivity contribution >= 4 is 35.5 Å². The predicted octanol–water partition coefficient (Wildman–Crippen LogP) is -0.0679. The smallest absolute Gasteiger partial charge is 0.321 e. The van der Waals surface area contributed by atoms with Gasteiger partial charge in [-0.25, -0.2) is 0 Å². The van der Waals surface area contributed by atoms with Crippen LogP contribution in [-0.2, 0) is 11.2 Å². The number of nitrogens with one attached hydrogen (secondary N) is 1. The van der Waals surface area contributed by atoms with Gasteiger partial charge >= 0.3 is 5.97 Å². The van der Waals surface area contributed by atoms with Gasteiger partial charge in [0, 0.05) is 29.6 Å². The maximum Gasteiger partial charge on any atom is 0.321 e. The molecule has 1 rings (SSSR count). The number of likely N-dealkylation sites (N-methyl/N-ethyl adjacent to an activating group) is 1. The van der Waals surface area contributed by atoms with Crippen molar-refractivity contribution in [3.8, 4) is 11.5 Å². The fourth-order valence-electron chi connectivity index (χ4n) is 1.24. The summed E-state index contributed by atoms with van der Waals surface area (Å²) < 4.78 is 0. The first kappa shape index (κ1) is 15.2. The third-order valence-electron chi connectivity index (χ3n) is 2.13. The summed E-state index contributed by atoms with van der Waals surface area (Å²) in [7, 11) is 1.55. The Balaban J connectivity index is 0.00000225. The SMILES string of the molecule is CN[C@@H](Cc1ccc(O)c(O)c1)C(=O)O.[Na].